The molecule has 0 aliphatic carbocycles. The number of morpholine rings is 1. The van der Waals surface area contributed by atoms with Crippen LogP contribution in [0.25, 0.3) is 11.3 Å². The van der Waals surface area contributed by atoms with Crippen LogP contribution in [0.15, 0.2) is 35.1 Å². The lowest BCUT2D eigenvalue weighted by Gasteiger charge is -2.36. The average Bonchev–Trinajstić information content (AvgIpc) is 3.13. The molecule has 1 saturated heterocycles. The van der Waals surface area contributed by atoms with E-state index in [0.717, 1.165) is 31.9 Å². The number of nitrogens with zero attached hydrogens (tertiary/aromatic N) is 3. The molecule has 25 heavy (non-hydrogen) atoms. The molecule has 0 radical (unpaired) electrons. The van der Waals surface area contributed by atoms with Gasteiger partial charge in [-0.3, -0.25) is 14.7 Å². The van der Waals surface area contributed by atoms with Crippen LogP contribution in [0.4, 0.5) is 0 Å². The lowest BCUT2D eigenvalue weighted by molar-refractivity contribution is 0.00671. The monoisotopic (exact) mass is 344 g/mol. The summed E-state index contributed by atoms with van der Waals surface area (Å²) in [7, 11) is 0. The second-order valence-electron chi connectivity index (χ2n) is 6.49. The Balaban J connectivity index is 1.60. The van der Waals surface area contributed by atoms with Gasteiger partial charge in [0.25, 0.3) is 5.91 Å². The minimum atomic E-state index is -0.224. The molecule has 0 aromatic carbocycles. The maximum atomic E-state index is 12.4. The van der Waals surface area contributed by atoms with E-state index in [9.17, 15) is 4.79 Å². The summed E-state index contributed by atoms with van der Waals surface area (Å²) in [6.07, 6.45) is 3.36. The number of hydrogen-bond acceptors (Lipinski definition) is 6. The SMILES string of the molecule is CC(C)[C@H](CNC(=O)c1cc(-c2cccnc2)on1)N1CCOCC1. The van der Waals surface area contributed by atoms with Gasteiger partial charge in [0, 0.05) is 49.7 Å². The van der Waals surface area contributed by atoms with Crippen LogP contribution in [0.1, 0.15) is 24.3 Å². The Kier molecular flexibility index (Phi) is 5.78. The number of hydrogen-bond donors (Lipinski definition) is 1. The van der Waals surface area contributed by atoms with Crippen LogP contribution in [0, 0.1) is 5.92 Å². The van der Waals surface area contributed by atoms with Gasteiger partial charge < -0.3 is 14.6 Å². The third-order valence-corrected chi connectivity index (χ3v) is 4.44. The second-order valence-corrected chi connectivity index (χ2v) is 6.49. The van der Waals surface area contributed by atoms with E-state index < -0.39 is 0 Å². The van der Waals surface area contributed by atoms with Gasteiger partial charge in [-0.1, -0.05) is 19.0 Å². The van der Waals surface area contributed by atoms with Crippen molar-refractivity contribution in [2.24, 2.45) is 5.92 Å². The Morgan fingerprint density at radius 2 is 2.16 bits per heavy atom. The van der Waals surface area contributed by atoms with Gasteiger partial charge in [0.05, 0.1) is 13.2 Å². The van der Waals surface area contributed by atoms with E-state index in [0.29, 0.717) is 18.2 Å². The van der Waals surface area contributed by atoms with Gasteiger partial charge >= 0.3 is 0 Å². The highest BCUT2D eigenvalue weighted by molar-refractivity contribution is 5.93. The van der Waals surface area contributed by atoms with Crippen molar-refractivity contribution in [2.45, 2.75) is 19.9 Å². The summed E-state index contributed by atoms with van der Waals surface area (Å²) < 4.78 is 10.7. The largest absolute Gasteiger partial charge is 0.379 e. The van der Waals surface area contributed by atoms with Gasteiger partial charge in [0.1, 0.15) is 0 Å². The molecule has 7 heteroatoms. The van der Waals surface area contributed by atoms with Crippen molar-refractivity contribution in [1.82, 2.24) is 20.4 Å². The summed E-state index contributed by atoms with van der Waals surface area (Å²) in [5.41, 5.74) is 1.07. The van der Waals surface area contributed by atoms with Gasteiger partial charge in [-0.15, -0.1) is 0 Å². The van der Waals surface area contributed by atoms with Crippen LogP contribution in [-0.4, -0.2) is 59.8 Å². The van der Waals surface area contributed by atoms with Gasteiger partial charge in [-0.25, -0.2) is 0 Å². The highest BCUT2D eigenvalue weighted by Crippen LogP contribution is 2.19. The molecule has 1 aliphatic rings. The molecular weight excluding hydrogens is 320 g/mol. The lowest BCUT2D eigenvalue weighted by atomic mass is 10.0. The highest BCUT2D eigenvalue weighted by atomic mass is 16.5. The number of pyridine rings is 1. The number of aromatic nitrogens is 2. The lowest BCUT2D eigenvalue weighted by Crippen LogP contribution is -2.51. The first-order valence-electron chi connectivity index (χ1n) is 8.62. The third kappa shape index (κ3) is 4.43. The molecule has 1 aliphatic heterocycles. The summed E-state index contributed by atoms with van der Waals surface area (Å²) in [6, 6.07) is 5.60. The first kappa shape index (κ1) is 17.6. The number of carbonyl (C=O) groups excluding carboxylic acids is 1. The van der Waals surface area contributed by atoms with E-state index in [2.05, 4.69) is 34.2 Å². The zero-order chi connectivity index (χ0) is 17.6. The number of ether oxygens (including phenoxy) is 1. The van der Waals surface area contributed by atoms with Gasteiger partial charge in [-0.2, -0.15) is 0 Å². The standard InChI is InChI=1S/C18H24N4O3/c1-13(2)16(22-6-8-24-9-7-22)12-20-18(23)15-10-17(25-21-15)14-4-3-5-19-11-14/h3-5,10-11,13,16H,6-9,12H2,1-2H3,(H,20,23)/t16-/m0/s1. The first-order chi connectivity index (χ1) is 12.1. The van der Waals surface area contributed by atoms with E-state index in [4.69, 9.17) is 9.26 Å². The van der Waals surface area contributed by atoms with Gasteiger partial charge in [0.2, 0.25) is 0 Å². The maximum absolute atomic E-state index is 12.4. The van der Waals surface area contributed by atoms with Crippen molar-refractivity contribution in [3.8, 4) is 11.3 Å². The van der Waals surface area contributed by atoms with Gasteiger partial charge in [-0.05, 0) is 18.1 Å². The Morgan fingerprint density at radius 3 is 2.84 bits per heavy atom. The molecule has 3 heterocycles. The molecule has 0 unspecified atom stereocenters. The first-order valence-corrected chi connectivity index (χ1v) is 8.62. The fourth-order valence-corrected chi connectivity index (χ4v) is 3.01. The molecule has 134 valence electrons. The zero-order valence-electron chi connectivity index (χ0n) is 14.6. The minimum Gasteiger partial charge on any atom is -0.379 e. The fraction of sp³-hybridized carbons (Fsp3) is 0.500. The Labute approximate surface area is 147 Å². The van der Waals surface area contributed by atoms with E-state index in [1.165, 1.54) is 0 Å². The molecule has 1 atom stereocenters. The molecule has 2 aromatic rings. The summed E-state index contributed by atoms with van der Waals surface area (Å²) in [5.74, 6) is 0.742. The van der Waals surface area contributed by atoms with Crippen molar-refractivity contribution in [2.75, 3.05) is 32.8 Å². The topological polar surface area (TPSA) is 80.5 Å². The Morgan fingerprint density at radius 1 is 1.36 bits per heavy atom. The van der Waals surface area contributed by atoms with E-state index >= 15 is 0 Å². The molecule has 0 spiro atoms. The number of nitrogens with one attached hydrogen (secondary N) is 1. The van der Waals surface area contributed by atoms with Crippen molar-refractivity contribution >= 4 is 5.91 Å². The van der Waals surface area contributed by atoms with Crippen LogP contribution in [0.3, 0.4) is 0 Å². The molecule has 0 bridgehead atoms. The molecule has 2 aromatic heterocycles. The number of amides is 1. The minimum absolute atomic E-state index is 0.224. The summed E-state index contributed by atoms with van der Waals surface area (Å²) in [5, 5.41) is 6.86. The number of rotatable bonds is 6. The van der Waals surface area contributed by atoms with Crippen molar-refractivity contribution < 1.29 is 14.1 Å². The van der Waals surface area contributed by atoms with Crippen LogP contribution in [0.2, 0.25) is 0 Å². The quantitative estimate of drug-likeness (QED) is 0.861. The van der Waals surface area contributed by atoms with Crippen LogP contribution < -0.4 is 5.32 Å². The summed E-state index contributed by atoms with van der Waals surface area (Å²) in [6.45, 7) is 8.20. The maximum Gasteiger partial charge on any atom is 0.273 e. The zero-order valence-corrected chi connectivity index (χ0v) is 14.6. The predicted octanol–water partition coefficient (Wildman–Crippen LogP) is 1.82. The van der Waals surface area contributed by atoms with Crippen molar-refractivity contribution in [3.05, 3.63) is 36.3 Å². The van der Waals surface area contributed by atoms with Gasteiger partial charge in [0.15, 0.2) is 11.5 Å². The Hall–Kier alpha value is -2.25. The smallest absolute Gasteiger partial charge is 0.273 e. The molecule has 0 saturated carbocycles. The summed E-state index contributed by atoms with van der Waals surface area (Å²) in [4.78, 5) is 18.8. The van der Waals surface area contributed by atoms with Crippen LogP contribution in [0.5, 0.6) is 0 Å². The second kappa shape index (κ2) is 8.22. The average molecular weight is 344 g/mol. The fourth-order valence-electron chi connectivity index (χ4n) is 3.01. The number of carbonyl (C=O) groups is 1. The summed E-state index contributed by atoms with van der Waals surface area (Å²) >= 11 is 0. The van der Waals surface area contributed by atoms with Crippen LogP contribution >= 0.6 is 0 Å². The van der Waals surface area contributed by atoms with Crippen LogP contribution in [-0.2, 0) is 4.74 Å². The molecule has 3 rings (SSSR count). The van der Waals surface area contributed by atoms with Crippen molar-refractivity contribution in [1.29, 1.82) is 0 Å². The van der Waals surface area contributed by atoms with E-state index in [-0.39, 0.29) is 17.6 Å². The highest BCUT2D eigenvalue weighted by Gasteiger charge is 2.25. The van der Waals surface area contributed by atoms with E-state index in [1.54, 1.807) is 18.5 Å². The van der Waals surface area contributed by atoms with E-state index in [1.807, 2.05) is 12.1 Å². The molecule has 1 amide bonds. The van der Waals surface area contributed by atoms with Crippen molar-refractivity contribution in [3.63, 3.8) is 0 Å². The predicted molar refractivity (Wildman–Crippen MR) is 93.1 cm³/mol. The molecule has 7 nitrogen and oxygen atoms in total. The molecule has 1 fully saturated rings. The molecular formula is C18H24N4O3. The molecule has 1 N–H and O–H groups in total. The normalized spacial score (nSPS) is 16.8. The Bertz CT molecular complexity index is 681. The third-order valence-electron chi connectivity index (χ3n) is 4.44.